The van der Waals surface area contributed by atoms with E-state index in [1.165, 1.54) is 0 Å². The predicted octanol–water partition coefficient (Wildman–Crippen LogP) is 3.37. The molecule has 0 radical (unpaired) electrons. The third-order valence-corrected chi connectivity index (χ3v) is 3.45. The molecule has 2 aromatic carbocycles. The number of methoxy groups -OCH3 is 1. The van der Waals surface area contributed by atoms with Crippen molar-refractivity contribution >= 4 is 15.9 Å². The maximum atomic E-state index is 5.72. The fraction of sp³-hybridized carbons (Fsp3) is 0.250. The molecule has 0 saturated carbocycles. The minimum absolute atomic E-state index is 0.424. The van der Waals surface area contributed by atoms with E-state index < -0.39 is 0 Å². The zero-order chi connectivity index (χ0) is 15.1. The van der Waals surface area contributed by atoms with Gasteiger partial charge < -0.3 is 19.9 Å². The first-order valence-corrected chi connectivity index (χ1v) is 7.40. The molecule has 0 saturated heterocycles. The summed E-state index contributed by atoms with van der Waals surface area (Å²) < 4.78 is 17.5. The summed E-state index contributed by atoms with van der Waals surface area (Å²) in [6.45, 7) is 1.33. The van der Waals surface area contributed by atoms with Crippen LogP contribution >= 0.6 is 15.9 Å². The molecule has 4 nitrogen and oxygen atoms in total. The van der Waals surface area contributed by atoms with Gasteiger partial charge in [0.2, 0.25) is 0 Å². The molecule has 0 spiro atoms. The molecule has 2 N–H and O–H groups in total. The van der Waals surface area contributed by atoms with Crippen LogP contribution in [0.15, 0.2) is 46.9 Å². The second-order valence-electron chi connectivity index (χ2n) is 4.33. The fourth-order valence-corrected chi connectivity index (χ4v) is 2.07. The lowest BCUT2D eigenvalue weighted by Gasteiger charge is -2.12. The maximum Gasteiger partial charge on any atom is 0.127 e. The van der Waals surface area contributed by atoms with E-state index in [-0.39, 0.29) is 0 Å². The van der Waals surface area contributed by atoms with Crippen LogP contribution < -0.4 is 19.9 Å². The summed E-state index contributed by atoms with van der Waals surface area (Å²) >= 11 is 3.38. The fourth-order valence-electron chi connectivity index (χ4n) is 1.81. The lowest BCUT2D eigenvalue weighted by Crippen LogP contribution is -2.11. The Hall–Kier alpha value is -1.72. The maximum absolute atomic E-state index is 5.72. The monoisotopic (exact) mass is 351 g/mol. The van der Waals surface area contributed by atoms with Crippen molar-refractivity contribution in [2.45, 2.75) is 6.54 Å². The van der Waals surface area contributed by atoms with Crippen LogP contribution in [0.2, 0.25) is 0 Å². The van der Waals surface area contributed by atoms with Gasteiger partial charge in [-0.3, -0.25) is 0 Å². The number of halogens is 1. The van der Waals surface area contributed by atoms with Gasteiger partial charge >= 0.3 is 0 Å². The van der Waals surface area contributed by atoms with Gasteiger partial charge in [0.15, 0.2) is 0 Å². The van der Waals surface area contributed by atoms with Crippen molar-refractivity contribution in [2.24, 2.45) is 5.73 Å². The van der Waals surface area contributed by atoms with Crippen LogP contribution in [0.25, 0.3) is 0 Å². The summed E-state index contributed by atoms with van der Waals surface area (Å²) in [5, 5.41) is 0. The van der Waals surface area contributed by atoms with Crippen LogP contribution in [0, 0.1) is 0 Å². The van der Waals surface area contributed by atoms with E-state index in [2.05, 4.69) is 15.9 Å². The van der Waals surface area contributed by atoms with Gasteiger partial charge in [-0.25, -0.2) is 0 Å². The van der Waals surface area contributed by atoms with E-state index in [4.69, 9.17) is 19.9 Å². The smallest absolute Gasteiger partial charge is 0.127 e. The van der Waals surface area contributed by atoms with Gasteiger partial charge in [0.1, 0.15) is 30.5 Å². The highest BCUT2D eigenvalue weighted by molar-refractivity contribution is 9.10. The standard InChI is InChI=1S/C16H18BrNO3/c1-19-15-5-2-12(11-18)16(10-15)21-9-8-20-14-6-3-13(17)4-7-14/h2-7,10H,8-9,11,18H2,1H3. The lowest BCUT2D eigenvalue weighted by molar-refractivity contribution is 0.215. The summed E-state index contributed by atoms with van der Waals surface area (Å²) in [6, 6.07) is 13.3. The van der Waals surface area contributed by atoms with Crippen LogP contribution in [-0.4, -0.2) is 20.3 Å². The Morgan fingerprint density at radius 3 is 2.29 bits per heavy atom. The first-order chi connectivity index (χ1) is 10.2. The van der Waals surface area contributed by atoms with Gasteiger partial charge in [0, 0.05) is 22.6 Å². The predicted molar refractivity (Wildman–Crippen MR) is 86.0 cm³/mol. The molecule has 2 aromatic rings. The highest BCUT2D eigenvalue weighted by atomic mass is 79.9. The zero-order valence-corrected chi connectivity index (χ0v) is 13.4. The first-order valence-electron chi connectivity index (χ1n) is 6.61. The Labute approximate surface area is 132 Å². The number of benzene rings is 2. The molecule has 0 aliphatic heterocycles. The molecule has 0 aromatic heterocycles. The Bertz CT molecular complexity index is 572. The molecular formula is C16H18BrNO3. The molecule has 0 aliphatic carbocycles. The van der Waals surface area contributed by atoms with E-state index in [0.29, 0.717) is 19.8 Å². The van der Waals surface area contributed by atoms with E-state index in [0.717, 1.165) is 27.3 Å². The number of hydrogen-bond donors (Lipinski definition) is 1. The Balaban J connectivity index is 1.86. The topological polar surface area (TPSA) is 53.7 Å². The molecule has 0 fully saturated rings. The molecule has 0 atom stereocenters. The van der Waals surface area contributed by atoms with Gasteiger partial charge in [-0.2, -0.15) is 0 Å². The van der Waals surface area contributed by atoms with Gasteiger partial charge in [-0.15, -0.1) is 0 Å². The molecular weight excluding hydrogens is 334 g/mol. The minimum Gasteiger partial charge on any atom is -0.497 e. The van der Waals surface area contributed by atoms with Crippen molar-refractivity contribution in [3.05, 3.63) is 52.5 Å². The zero-order valence-electron chi connectivity index (χ0n) is 11.8. The van der Waals surface area contributed by atoms with Crippen LogP contribution in [0.5, 0.6) is 17.2 Å². The van der Waals surface area contributed by atoms with Crippen molar-refractivity contribution in [1.29, 1.82) is 0 Å². The number of rotatable bonds is 7. The summed E-state index contributed by atoms with van der Waals surface area (Å²) in [5.74, 6) is 2.29. The van der Waals surface area contributed by atoms with Crippen LogP contribution in [0.1, 0.15) is 5.56 Å². The van der Waals surface area contributed by atoms with E-state index in [1.54, 1.807) is 7.11 Å². The molecule has 0 unspecified atom stereocenters. The van der Waals surface area contributed by atoms with Crippen molar-refractivity contribution in [3.63, 3.8) is 0 Å². The second kappa shape index (κ2) is 7.90. The van der Waals surface area contributed by atoms with Gasteiger partial charge in [0.25, 0.3) is 0 Å². The molecule has 0 aliphatic rings. The van der Waals surface area contributed by atoms with Gasteiger partial charge in [-0.05, 0) is 30.3 Å². The highest BCUT2D eigenvalue weighted by Gasteiger charge is 2.04. The molecule has 112 valence electrons. The molecule has 2 rings (SSSR count). The molecule has 0 amide bonds. The van der Waals surface area contributed by atoms with Crippen molar-refractivity contribution in [3.8, 4) is 17.2 Å². The lowest BCUT2D eigenvalue weighted by atomic mass is 10.2. The average Bonchev–Trinajstić information content (AvgIpc) is 2.53. The average molecular weight is 352 g/mol. The number of nitrogens with two attached hydrogens (primary N) is 1. The summed E-state index contributed by atoms with van der Waals surface area (Å²) in [7, 11) is 1.62. The van der Waals surface area contributed by atoms with Crippen LogP contribution in [-0.2, 0) is 6.54 Å². The Morgan fingerprint density at radius 2 is 1.62 bits per heavy atom. The Morgan fingerprint density at radius 1 is 0.952 bits per heavy atom. The van der Waals surface area contributed by atoms with Gasteiger partial charge in [-0.1, -0.05) is 22.0 Å². The third kappa shape index (κ3) is 4.65. The van der Waals surface area contributed by atoms with Crippen LogP contribution in [0.3, 0.4) is 0 Å². The summed E-state index contributed by atoms with van der Waals surface area (Å²) in [4.78, 5) is 0. The quantitative estimate of drug-likeness (QED) is 0.777. The van der Waals surface area contributed by atoms with E-state index >= 15 is 0 Å². The van der Waals surface area contributed by atoms with E-state index in [1.807, 2.05) is 42.5 Å². The molecule has 21 heavy (non-hydrogen) atoms. The van der Waals surface area contributed by atoms with Crippen molar-refractivity contribution in [2.75, 3.05) is 20.3 Å². The summed E-state index contributed by atoms with van der Waals surface area (Å²) in [5.41, 5.74) is 6.64. The third-order valence-electron chi connectivity index (χ3n) is 2.92. The normalized spacial score (nSPS) is 10.2. The molecule has 5 heteroatoms. The molecule has 0 heterocycles. The highest BCUT2D eigenvalue weighted by Crippen LogP contribution is 2.24. The minimum atomic E-state index is 0.424. The Kier molecular flexibility index (Phi) is 5.90. The van der Waals surface area contributed by atoms with Crippen LogP contribution in [0.4, 0.5) is 0 Å². The van der Waals surface area contributed by atoms with E-state index in [9.17, 15) is 0 Å². The van der Waals surface area contributed by atoms with Crippen molar-refractivity contribution in [1.82, 2.24) is 0 Å². The first kappa shape index (κ1) is 15.7. The van der Waals surface area contributed by atoms with Crippen molar-refractivity contribution < 1.29 is 14.2 Å². The summed E-state index contributed by atoms with van der Waals surface area (Å²) in [6.07, 6.45) is 0. The largest absolute Gasteiger partial charge is 0.497 e. The second-order valence-corrected chi connectivity index (χ2v) is 5.24. The van der Waals surface area contributed by atoms with Gasteiger partial charge in [0.05, 0.1) is 7.11 Å². The number of hydrogen-bond acceptors (Lipinski definition) is 4. The SMILES string of the molecule is COc1ccc(CN)c(OCCOc2ccc(Br)cc2)c1. The number of ether oxygens (including phenoxy) is 3. The molecule has 0 bridgehead atoms.